The van der Waals surface area contributed by atoms with Crippen molar-refractivity contribution < 1.29 is 24.9 Å². The summed E-state index contributed by atoms with van der Waals surface area (Å²) in [6, 6.07) is 0. The Hall–Kier alpha value is -0.750. The molecule has 1 atom stereocenters. The third-order valence-electron chi connectivity index (χ3n) is 2.01. The predicted molar refractivity (Wildman–Crippen MR) is 51.8 cm³/mol. The smallest absolute Gasteiger partial charge is 0.109 e. The van der Waals surface area contributed by atoms with Gasteiger partial charge in [0.2, 0.25) is 0 Å². The number of aliphatic carboxylic acids is 2. The van der Waals surface area contributed by atoms with Crippen LogP contribution in [0.25, 0.3) is 0 Å². The maximum absolute atomic E-state index is 10.6. The van der Waals surface area contributed by atoms with Crippen molar-refractivity contribution in [2.75, 3.05) is 12.0 Å². The van der Waals surface area contributed by atoms with Crippen LogP contribution in [0.3, 0.4) is 0 Å². The molecule has 0 saturated carbocycles. The molecule has 0 rings (SSSR count). The predicted octanol–water partition coefficient (Wildman–Crippen LogP) is -1.86. The van der Waals surface area contributed by atoms with E-state index in [4.69, 9.17) is 0 Å². The summed E-state index contributed by atoms with van der Waals surface area (Å²) in [5, 5.41) is 30.3. The fourth-order valence-corrected chi connectivity index (χ4v) is 1.66. The second-order valence-corrected chi connectivity index (χ2v) is 4.30. The zero-order valence-corrected chi connectivity index (χ0v) is 9.34. The zero-order chi connectivity index (χ0) is 11.9. The van der Waals surface area contributed by atoms with E-state index in [0.717, 1.165) is 12.2 Å². The second kappa shape index (κ2) is 6.68. The van der Waals surface area contributed by atoms with Gasteiger partial charge < -0.3 is 24.9 Å². The first-order valence-electron chi connectivity index (χ1n) is 4.55. The monoisotopic (exact) mass is 234 g/mol. The van der Waals surface area contributed by atoms with Crippen molar-refractivity contribution >= 4 is 23.7 Å². The van der Waals surface area contributed by atoms with Gasteiger partial charge in [0.05, 0.1) is 5.97 Å². The largest absolute Gasteiger partial charge is 0.550 e. The number of unbranched alkanes of at least 4 members (excludes halogenated alkanes) is 1. The molecule has 1 unspecified atom stereocenters. The van der Waals surface area contributed by atoms with Gasteiger partial charge in [-0.2, -0.15) is 11.8 Å². The molecule has 6 heteroatoms. The summed E-state index contributed by atoms with van der Waals surface area (Å²) in [4.78, 5) is 20.8. The Bertz CT molecular complexity index is 231. The van der Waals surface area contributed by atoms with Crippen LogP contribution in [0.15, 0.2) is 0 Å². The molecular formula is C9H14O5S-2. The fourth-order valence-electron chi connectivity index (χ4n) is 1.17. The van der Waals surface area contributed by atoms with Crippen molar-refractivity contribution in [2.45, 2.75) is 31.3 Å². The molecule has 0 heterocycles. The first kappa shape index (κ1) is 14.2. The van der Waals surface area contributed by atoms with Crippen LogP contribution in [0.5, 0.6) is 0 Å². The number of carbonyl (C=O) groups is 2. The summed E-state index contributed by atoms with van der Waals surface area (Å²) < 4.78 is 0. The summed E-state index contributed by atoms with van der Waals surface area (Å²) >= 11 is 1.60. The zero-order valence-electron chi connectivity index (χ0n) is 8.52. The van der Waals surface area contributed by atoms with Crippen molar-refractivity contribution in [3.05, 3.63) is 0 Å². The molecule has 0 aliphatic rings. The average molecular weight is 234 g/mol. The highest BCUT2D eigenvalue weighted by atomic mass is 32.2. The van der Waals surface area contributed by atoms with Crippen LogP contribution in [-0.4, -0.2) is 34.7 Å². The Kier molecular flexibility index (Phi) is 6.35. The van der Waals surface area contributed by atoms with E-state index in [1.165, 1.54) is 0 Å². The van der Waals surface area contributed by atoms with Crippen molar-refractivity contribution in [3.8, 4) is 0 Å². The van der Waals surface area contributed by atoms with Gasteiger partial charge in [-0.1, -0.05) is 0 Å². The first-order valence-corrected chi connectivity index (χ1v) is 5.94. The minimum atomic E-state index is -2.29. The van der Waals surface area contributed by atoms with Gasteiger partial charge in [0.1, 0.15) is 5.60 Å². The molecule has 0 bridgehead atoms. The van der Waals surface area contributed by atoms with Crippen molar-refractivity contribution in [1.82, 2.24) is 0 Å². The molecule has 0 radical (unpaired) electrons. The van der Waals surface area contributed by atoms with Crippen LogP contribution >= 0.6 is 11.8 Å². The van der Waals surface area contributed by atoms with Crippen LogP contribution in [0.4, 0.5) is 0 Å². The highest BCUT2D eigenvalue weighted by molar-refractivity contribution is 7.98. The van der Waals surface area contributed by atoms with Crippen LogP contribution in [0.2, 0.25) is 0 Å². The molecule has 0 aliphatic heterocycles. The Morgan fingerprint density at radius 2 is 1.93 bits per heavy atom. The molecule has 0 amide bonds. The lowest BCUT2D eigenvalue weighted by molar-refractivity contribution is -0.334. The van der Waals surface area contributed by atoms with Gasteiger partial charge in [-0.15, -0.1) is 0 Å². The summed E-state index contributed by atoms with van der Waals surface area (Å²) in [6.07, 6.45) is 2.03. The van der Waals surface area contributed by atoms with Crippen LogP contribution in [0.1, 0.15) is 25.7 Å². The number of carboxylic acid groups (broad SMARTS) is 2. The molecular weight excluding hydrogens is 220 g/mol. The third kappa shape index (κ3) is 5.64. The van der Waals surface area contributed by atoms with Crippen LogP contribution in [0, 0.1) is 0 Å². The lowest BCUT2D eigenvalue weighted by Crippen LogP contribution is -2.51. The van der Waals surface area contributed by atoms with E-state index in [-0.39, 0.29) is 6.42 Å². The van der Waals surface area contributed by atoms with Crippen LogP contribution in [-0.2, 0) is 9.59 Å². The lowest BCUT2D eigenvalue weighted by Gasteiger charge is -2.29. The molecule has 1 N–H and O–H groups in total. The molecule has 0 fully saturated rings. The average Bonchev–Trinajstić information content (AvgIpc) is 2.11. The van der Waals surface area contributed by atoms with E-state index in [1.54, 1.807) is 11.8 Å². The molecule has 0 aromatic carbocycles. The first-order chi connectivity index (χ1) is 6.92. The number of rotatable bonds is 8. The van der Waals surface area contributed by atoms with E-state index in [1.807, 2.05) is 6.26 Å². The topological polar surface area (TPSA) is 100 Å². The van der Waals surface area contributed by atoms with E-state index in [2.05, 4.69) is 0 Å². The SMILES string of the molecule is CSCCCCC(O)(CC(=O)[O-])C(=O)[O-]. The lowest BCUT2D eigenvalue weighted by atomic mass is 9.93. The van der Waals surface area contributed by atoms with E-state index in [0.29, 0.717) is 6.42 Å². The summed E-state index contributed by atoms with van der Waals surface area (Å²) in [6.45, 7) is 0. The quantitative estimate of drug-likeness (QED) is 0.494. The highest BCUT2D eigenvalue weighted by Crippen LogP contribution is 2.18. The standard InChI is InChI=1S/C9H16O5S/c1-15-5-3-2-4-9(14,8(12)13)6-7(10)11/h14H,2-6H2,1H3,(H,10,11)(H,12,13)/p-2. The normalized spacial score (nSPS) is 14.5. The number of thioether (sulfide) groups is 1. The number of carboxylic acids is 2. The third-order valence-corrected chi connectivity index (χ3v) is 2.70. The van der Waals surface area contributed by atoms with Gasteiger partial charge in [-0.05, 0) is 31.3 Å². The Morgan fingerprint density at radius 3 is 2.33 bits per heavy atom. The van der Waals surface area contributed by atoms with Crippen LogP contribution < -0.4 is 10.2 Å². The minimum absolute atomic E-state index is 0.121. The summed E-state index contributed by atoms with van der Waals surface area (Å²) in [5.41, 5.74) is -2.29. The van der Waals surface area contributed by atoms with Crippen molar-refractivity contribution in [2.24, 2.45) is 0 Å². The van der Waals surface area contributed by atoms with E-state index in [9.17, 15) is 24.9 Å². The van der Waals surface area contributed by atoms with Gasteiger partial charge in [-0.3, -0.25) is 0 Å². The Labute approximate surface area is 92.5 Å². The molecule has 88 valence electrons. The van der Waals surface area contributed by atoms with Gasteiger partial charge in [0.15, 0.2) is 0 Å². The van der Waals surface area contributed by atoms with Gasteiger partial charge in [-0.25, -0.2) is 0 Å². The molecule has 0 aromatic heterocycles. The van der Waals surface area contributed by atoms with E-state index >= 15 is 0 Å². The Balaban J connectivity index is 4.14. The number of hydrogen-bond donors (Lipinski definition) is 1. The fraction of sp³-hybridized carbons (Fsp3) is 0.778. The maximum atomic E-state index is 10.6. The maximum Gasteiger partial charge on any atom is 0.109 e. The molecule has 0 spiro atoms. The second-order valence-electron chi connectivity index (χ2n) is 3.32. The number of hydrogen-bond acceptors (Lipinski definition) is 6. The molecule has 15 heavy (non-hydrogen) atoms. The highest BCUT2D eigenvalue weighted by Gasteiger charge is 2.28. The molecule has 0 saturated heterocycles. The molecule has 0 aliphatic carbocycles. The van der Waals surface area contributed by atoms with Crippen molar-refractivity contribution in [1.29, 1.82) is 0 Å². The molecule has 5 nitrogen and oxygen atoms in total. The minimum Gasteiger partial charge on any atom is -0.550 e. The van der Waals surface area contributed by atoms with Gasteiger partial charge in [0.25, 0.3) is 0 Å². The summed E-state index contributed by atoms with van der Waals surface area (Å²) in [7, 11) is 0. The van der Waals surface area contributed by atoms with Gasteiger partial charge in [0, 0.05) is 12.4 Å². The van der Waals surface area contributed by atoms with Crippen molar-refractivity contribution in [3.63, 3.8) is 0 Å². The number of carbonyl (C=O) groups excluding carboxylic acids is 2. The summed E-state index contributed by atoms with van der Waals surface area (Å²) in [5.74, 6) is -2.50. The van der Waals surface area contributed by atoms with E-state index < -0.39 is 24.0 Å². The Morgan fingerprint density at radius 1 is 1.33 bits per heavy atom. The van der Waals surface area contributed by atoms with Gasteiger partial charge >= 0.3 is 0 Å². The molecule has 0 aromatic rings. The number of aliphatic hydroxyl groups is 1.